The van der Waals surface area contributed by atoms with Crippen molar-refractivity contribution in [3.63, 3.8) is 0 Å². The van der Waals surface area contributed by atoms with E-state index in [1.54, 1.807) is 19.9 Å². The second-order valence-electron chi connectivity index (χ2n) is 5.90. The van der Waals surface area contributed by atoms with Crippen molar-refractivity contribution in [2.45, 2.75) is 40.2 Å². The van der Waals surface area contributed by atoms with Crippen LogP contribution in [-0.2, 0) is 0 Å². The van der Waals surface area contributed by atoms with Gasteiger partial charge in [0.1, 0.15) is 6.04 Å². The first-order chi connectivity index (χ1) is 12.5. The molecule has 0 aliphatic heterocycles. The number of nitrogens with zero attached hydrogens (tertiary/aromatic N) is 4. The Labute approximate surface area is 150 Å². The van der Waals surface area contributed by atoms with Crippen LogP contribution >= 0.6 is 0 Å². The molecule has 2 heterocycles. The maximum atomic E-state index is 12.4. The topological polar surface area (TPSA) is 119 Å². The lowest BCUT2D eigenvalue weighted by Crippen LogP contribution is -2.32. The lowest BCUT2D eigenvalue weighted by atomic mass is 10.1. The Morgan fingerprint density at radius 3 is 2.65 bits per heavy atom. The van der Waals surface area contributed by atoms with Gasteiger partial charge in [-0.1, -0.05) is 18.1 Å². The summed E-state index contributed by atoms with van der Waals surface area (Å²) in [5.41, 5.74) is 2.28. The highest BCUT2D eigenvalue weighted by atomic mass is 16.5. The minimum Gasteiger partial charge on any atom is -0.421 e. The molecule has 0 bridgehead atoms. The van der Waals surface area contributed by atoms with Crippen LogP contribution in [0.4, 0.5) is 10.5 Å². The number of aromatic nitrogens is 4. The SMILES string of the molecule is CC[C@H](NC(=O)Nc1cc(-c2nnc(C)o2)ccc1C)c1nc(C)no1. The summed E-state index contributed by atoms with van der Waals surface area (Å²) in [6.07, 6.45) is 0.620. The number of hydrogen-bond acceptors (Lipinski definition) is 7. The number of benzene rings is 1. The normalized spacial score (nSPS) is 12.0. The van der Waals surface area contributed by atoms with Crippen molar-refractivity contribution in [1.82, 2.24) is 25.7 Å². The number of carbonyl (C=O) groups excluding carboxylic acids is 1. The van der Waals surface area contributed by atoms with E-state index in [0.29, 0.717) is 35.6 Å². The molecule has 0 aliphatic rings. The number of amides is 2. The largest absolute Gasteiger partial charge is 0.421 e. The third-order valence-corrected chi connectivity index (χ3v) is 3.81. The van der Waals surface area contributed by atoms with Crippen molar-refractivity contribution in [3.8, 4) is 11.5 Å². The number of urea groups is 1. The van der Waals surface area contributed by atoms with Crippen LogP contribution in [-0.4, -0.2) is 26.4 Å². The summed E-state index contributed by atoms with van der Waals surface area (Å²) in [7, 11) is 0. The maximum absolute atomic E-state index is 12.4. The molecule has 0 saturated heterocycles. The van der Waals surface area contributed by atoms with Crippen LogP contribution in [0.1, 0.15) is 42.6 Å². The standard InChI is InChI=1S/C17H20N6O3/c1-5-13(16-18-10(3)23-26-16)19-17(24)20-14-8-12(7-6-9(14)2)15-22-21-11(4)25-15/h6-8,13H,5H2,1-4H3,(H2,19,20,24)/t13-/m0/s1. The molecular weight excluding hydrogens is 336 g/mol. The quantitative estimate of drug-likeness (QED) is 0.719. The molecule has 1 aromatic carbocycles. The number of hydrogen-bond donors (Lipinski definition) is 2. The number of aryl methyl sites for hydroxylation is 3. The van der Waals surface area contributed by atoms with E-state index in [9.17, 15) is 4.79 Å². The molecule has 0 unspecified atom stereocenters. The minimum atomic E-state index is -0.366. The molecule has 2 amide bonds. The zero-order chi connectivity index (χ0) is 18.7. The van der Waals surface area contributed by atoms with Gasteiger partial charge in [0.05, 0.1) is 0 Å². The Bertz CT molecular complexity index is 917. The molecular formula is C17H20N6O3. The van der Waals surface area contributed by atoms with Gasteiger partial charge in [0.15, 0.2) is 5.82 Å². The van der Waals surface area contributed by atoms with Gasteiger partial charge in [-0.05, 0) is 38.0 Å². The molecule has 2 aromatic heterocycles. The van der Waals surface area contributed by atoms with E-state index < -0.39 is 0 Å². The molecule has 9 nitrogen and oxygen atoms in total. The molecule has 0 aliphatic carbocycles. The second-order valence-corrected chi connectivity index (χ2v) is 5.90. The highest BCUT2D eigenvalue weighted by Crippen LogP contribution is 2.25. The molecule has 26 heavy (non-hydrogen) atoms. The Balaban J connectivity index is 1.74. The molecule has 3 rings (SSSR count). The van der Waals surface area contributed by atoms with E-state index in [1.165, 1.54) is 0 Å². The van der Waals surface area contributed by atoms with Crippen LogP contribution in [0.3, 0.4) is 0 Å². The van der Waals surface area contributed by atoms with Gasteiger partial charge in [-0.2, -0.15) is 4.98 Å². The van der Waals surface area contributed by atoms with E-state index in [0.717, 1.165) is 11.1 Å². The van der Waals surface area contributed by atoms with Crippen molar-refractivity contribution in [2.24, 2.45) is 0 Å². The van der Waals surface area contributed by atoms with Gasteiger partial charge in [-0.25, -0.2) is 4.79 Å². The molecule has 136 valence electrons. The summed E-state index contributed by atoms with van der Waals surface area (Å²) < 4.78 is 10.6. The molecule has 2 N–H and O–H groups in total. The Morgan fingerprint density at radius 1 is 1.23 bits per heavy atom. The van der Waals surface area contributed by atoms with Crippen molar-refractivity contribution in [1.29, 1.82) is 0 Å². The summed E-state index contributed by atoms with van der Waals surface area (Å²) in [4.78, 5) is 16.6. The third-order valence-electron chi connectivity index (χ3n) is 3.81. The van der Waals surface area contributed by atoms with Gasteiger partial charge in [0, 0.05) is 18.2 Å². The van der Waals surface area contributed by atoms with Crippen LogP contribution < -0.4 is 10.6 Å². The Hall–Kier alpha value is -3.23. The molecule has 1 atom stereocenters. The molecule has 0 radical (unpaired) electrons. The molecule has 0 saturated carbocycles. The van der Waals surface area contributed by atoms with Gasteiger partial charge >= 0.3 is 6.03 Å². The van der Waals surface area contributed by atoms with Crippen LogP contribution in [0.15, 0.2) is 27.1 Å². The van der Waals surface area contributed by atoms with E-state index in [2.05, 4.69) is 31.0 Å². The van der Waals surface area contributed by atoms with Crippen LogP contribution in [0.25, 0.3) is 11.5 Å². The fraction of sp³-hybridized carbons (Fsp3) is 0.353. The van der Waals surface area contributed by atoms with Crippen LogP contribution in [0, 0.1) is 20.8 Å². The zero-order valence-corrected chi connectivity index (χ0v) is 15.0. The molecule has 0 fully saturated rings. The first-order valence-electron chi connectivity index (χ1n) is 8.25. The first-order valence-corrected chi connectivity index (χ1v) is 8.25. The Kier molecular flexibility index (Phi) is 4.97. The van der Waals surface area contributed by atoms with Gasteiger partial charge in [-0.3, -0.25) is 0 Å². The fourth-order valence-electron chi connectivity index (χ4n) is 2.41. The smallest absolute Gasteiger partial charge is 0.319 e. The van der Waals surface area contributed by atoms with E-state index in [1.807, 2.05) is 26.0 Å². The summed E-state index contributed by atoms with van der Waals surface area (Å²) >= 11 is 0. The molecule has 3 aromatic rings. The van der Waals surface area contributed by atoms with Crippen molar-refractivity contribution < 1.29 is 13.7 Å². The lowest BCUT2D eigenvalue weighted by Gasteiger charge is -2.15. The Morgan fingerprint density at radius 2 is 2.04 bits per heavy atom. The number of nitrogens with one attached hydrogen (secondary N) is 2. The average molecular weight is 356 g/mol. The first kappa shape index (κ1) is 17.6. The van der Waals surface area contributed by atoms with Crippen molar-refractivity contribution in [3.05, 3.63) is 41.4 Å². The summed E-state index contributed by atoms with van der Waals surface area (Å²) in [5, 5.41) is 17.3. The van der Waals surface area contributed by atoms with E-state index in [4.69, 9.17) is 8.94 Å². The molecule has 0 spiro atoms. The highest BCUT2D eigenvalue weighted by Gasteiger charge is 2.19. The monoisotopic (exact) mass is 356 g/mol. The highest BCUT2D eigenvalue weighted by molar-refractivity contribution is 5.91. The van der Waals surface area contributed by atoms with E-state index in [-0.39, 0.29) is 12.1 Å². The number of anilines is 1. The van der Waals surface area contributed by atoms with Gasteiger partial charge < -0.3 is 19.6 Å². The van der Waals surface area contributed by atoms with E-state index >= 15 is 0 Å². The van der Waals surface area contributed by atoms with Gasteiger partial charge in [0.2, 0.25) is 17.7 Å². The van der Waals surface area contributed by atoms with Gasteiger partial charge in [-0.15, -0.1) is 10.2 Å². The van der Waals surface area contributed by atoms with Crippen LogP contribution in [0.2, 0.25) is 0 Å². The maximum Gasteiger partial charge on any atom is 0.319 e. The average Bonchev–Trinajstić information content (AvgIpc) is 3.23. The summed E-state index contributed by atoms with van der Waals surface area (Å²) in [5.74, 6) is 1.79. The summed E-state index contributed by atoms with van der Waals surface area (Å²) in [6.45, 7) is 7.28. The third kappa shape index (κ3) is 3.88. The predicted molar refractivity (Wildman–Crippen MR) is 93.4 cm³/mol. The van der Waals surface area contributed by atoms with Crippen molar-refractivity contribution in [2.75, 3.05) is 5.32 Å². The fourth-order valence-corrected chi connectivity index (χ4v) is 2.41. The zero-order valence-electron chi connectivity index (χ0n) is 15.0. The predicted octanol–water partition coefficient (Wildman–Crippen LogP) is 3.32. The van der Waals surface area contributed by atoms with Crippen molar-refractivity contribution >= 4 is 11.7 Å². The molecule has 9 heteroatoms. The number of rotatable bonds is 5. The second kappa shape index (κ2) is 7.34. The lowest BCUT2D eigenvalue weighted by molar-refractivity contribution is 0.243. The minimum absolute atomic E-state index is 0.363. The van der Waals surface area contributed by atoms with Gasteiger partial charge in [0.25, 0.3) is 0 Å². The van der Waals surface area contributed by atoms with Crippen LogP contribution in [0.5, 0.6) is 0 Å². The number of carbonyl (C=O) groups is 1. The summed E-state index contributed by atoms with van der Waals surface area (Å²) in [6, 6.07) is 4.80.